The molecule has 0 bridgehead atoms. The van der Waals surface area contributed by atoms with Crippen molar-refractivity contribution in [3.8, 4) is 0 Å². The maximum Gasteiger partial charge on any atom is 0.0950 e. The molecule has 1 saturated heterocycles. The summed E-state index contributed by atoms with van der Waals surface area (Å²) < 4.78 is 5.24. The zero-order chi connectivity index (χ0) is 11.6. The lowest BCUT2D eigenvalue weighted by atomic mass is 9.82. The van der Waals surface area contributed by atoms with E-state index in [0.717, 1.165) is 26.2 Å². The van der Waals surface area contributed by atoms with E-state index in [1.807, 2.05) is 6.26 Å². The van der Waals surface area contributed by atoms with Crippen LogP contribution in [-0.4, -0.2) is 31.1 Å². The number of hydrogen-bond donors (Lipinski definition) is 1. The molecule has 90 valence electrons. The van der Waals surface area contributed by atoms with Crippen molar-refractivity contribution < 1.29 is 4.42 Å². The Balaban J connectivity index is 2.21. The molecular formula is C13H22N2O. The lowest BCUT2D eigenvalue weighted by Gasteiger charge is -2.41. The van der Waals surface area contributed by atoms with Crippen LogP contribution in [0.4, 0.5) is 0 Å². The van der Waals surface area contributed by atoms with Crippen LogP contribution in [0.3, 0.4) is 0 Å². The quantitative estimate of drug-likeness (QED) is 0.832. The van der Waals surface area contributed by atoms with Gasteiger partial charge in [0.1, 0.15) is 0 Å². The summed E-state index contributed by atoms with van der Waals surface area (Å²) in [5, 5.41) is 3.40. The van der Waals surface area contributed by atoms with Crippen LogP contribution in [0, 0.1) is 5.41 Å². The SMILES string of the molecule is CC(C)(C)[C@H](c1ccoc1)N1CCNCC1. The van der Waals surface area contributed by atoms with Gasteiger partial charge in [0.25, 0.3) is 0 Å². The molecule has 0 spiro atoms. The maximum atomic E-state index is 5.24. The summed E-state index contributed by atoms with van der Waals surface area (Å²) in [5.74, 6) is 0. The van der Waals surface area contributed by atoms with Crippen LogP contribution in [0.5, 0.6) is 0 Å². The van der Waals surface area contributed by atoms with Gasteiger partial charge >= 0.3 is 0 Å². The van der Waals surface area contributed by atoms with Crippen LogP contribution in [0.15, 0.2) is 23.0 Å². The fourth-order valence-corrected chi connectivity index (χ4v) is 2.63. The second kappa shape index (κ2) is 4.60. The second-order valence-electron chi connectivity index (χ2n) is 5.61. The molecule has 0 saturated carbocycles. The lowest BCUT2D eigenvalue weighted by molar-refractivity contribution is 0.0857. The lowest BCUT2D eigenvalue weighted by Crippen LogP contribution is -2.48. The Morgan fingerprint density at radius 2 is 2.00 bits per heavy atom. The highest BCUT2D eigenvalue weighted by Gasteiger charge is 2.32. The summed E-state index contributed by atoms with van der Waals surface area (Å²) in [6.45, 7) is 11.3. The van der Waals surface area contributed by atoms with E-state index < -0.39 is 0 Å². The van der Waals surface area contributed by atoms with Crippen LogP contribution in [0.25, 0.3) is 0 Å². The van der Waals surface area contributed by atoms with Crippen molar-refractivity contribution in [2.45, 2.75) is 26.8 Å². The molecule has 1 aromatic heterocycles. The van der Waals surface area contributed by atoms with E-state index in [1.54, 1.807) is 6.26 Å². The van der Waals surface area contributed by atoms with E-state index in [1.165, 1.54) is 5.56 Å². The molecule has 0 aliphatic carbocycles. The monoisotopic (exact) mass is 222 g/mol. The smallest absolute Gasteiger partial charge is 0.0950 e. The molecule has 1 N–H and O–H groups in total. The number of hydrogen-bond acceptors (Lipinski definition) is 3. The Bertz CT molecular complexity index is 307. The van der Waals surface area contributed by atoms with Gasteiger partial charge in [-0.3, -0.25) is 4.90 Å². The highest BCUT2D eigenvalue weighted by atomic mass is 16.3. The standard InChI is InChI=1S/C13H22N2O/c1-13(2,3)12(11-4-9-16-10-11)15-7-5-14-6-8-15/h4,9-10,12,14H,5-8H2,1-3H3/t12-/m0/s1. The van der Waals surface area contributed by atoms with E-state index in [9.17, 15) is 0 Å². The highest BCUT2D eigenvalue weighted by molar-refractivity contribution is 5.15. The Hall–Kier alpha value is -0.800. The van der Waals surface area contributed by atoms with Gasteiger partial charge in [-0.2, -0.15) is 0 Å². The van der Waals surface area contributed by atoms with Gasteiger partial charge in [0.05, 0.1) is 12.5 Å². The van der Waals surface area contributed by atoms with Crippen molar-refractivity contribution in [2.24, 2.45) is 5.41 Å². The molecule has 1 aliphatic rings. The second-order valence-corrected chi connectivity index (χ2v) is 5.61. The molecule has 3 heteroatoms. The fraction of sp³-hybridized carbons (Fsp3) is 0.692. The first-order valence-corrected chi connectivity index (χ1v) is 6.06. The Kier molecular flexibility index (Phi) is 3.36. The van der Waals surface area contributed by atoms with Gasteiger partial charge in [-0.15, -0.1) is 0 Å². The summed E-state index contributed by atoms with van der Waals surface area (Å²) >= 11 is 0. The molecule has 2 rings (SSSR count). The molecule has 0 radical (unpaired) electrons. The Morgan fingerprint density at radius 3 is 2.50 bits per heavy atom. The predicted molar refractivity (Wildman–Crippen MR) is 65.3 cm³/mol. The third-order valence-corrected chi connectivity index (χ3v) is 3.20. The van der Waals surface area contributed by atoms with Crippen molar-refractivity contribution in [3.05, 3.63) is 24.2 Å². The number of nitrogens with one attached hydrogen (secondary N) is 1. The van der Waals surface area contributed by atoms with E-state index in [0.29, 0.717) is 6.04 Å². The molecule has 0 aromatic carbocycles. The van der Waals surface area contributed by atoms with Crippen molar-refractivity contribution in [1.82, 2.24) is 10.2 Å². The molecule has 1 aromatic rings. The molecule has 0 unspecified atom stereocenters. The first-order chi connectivity index (χ1) is 7.59. The van der Waals surface area contributed by atoms with Gasteiger partial charge in [-0.25, -0.2) is 0 Å². The van der Waals surface area contributed by atoms with Gasteiger partial charge in [0.15, 0.2) is 0 Å². The molecule has 16 heavy (non-hydrogen) atoms. The summed E-state index contributed by atoms with van der Waals surface area (Å²) in [4.78, 5) is 2.56. The van der Waals surface area contributed by atoms with E-state index in [2.05, 4.69) is 37.1 Å². The van der Waals surface area contributed by atoms with Crippen LogP contribution in [0.2, 0.25) is 0 Å². The molecular weight excluding hydrogens is 200 g/mol. The Labute approximate surface area is 97.8 Å². The van der Waals surface area contributed by atoms with Crippen LogP contribution in [0.1, 0.15) is 32.4 Å². The van der Waals surface area contributed by atoms with Gasteiger partial charge in [-0.05, 0) is 11.5 Å². The van der Waals surface area contributed by atoms with Gasteiger partial charge in [0.2, 0.25) is 0 Å². The average Bonchev–Trinajstić information content (AvgIpc) is 2.71. The van der Waals surface area contributed by atoms with Crippen molar-refractivity contribution >= 4 is 0 Å². The molecule has 1 aliphatic heterocycles. The molecule has 2 heterocycles. The topological polar surface area (TPSA) is 28.4 Å². The van der Waals surface area contributed by atoms with Crippen LogP contribution < -0.4 is 5.32 Å². The molecule has 1 fully saturated rings. The predicted octanol–water partition coefficient (Wildman–Crippen LogP) is 2.27. The number of furan rings is 1. The van der Waals surface area contributed by atoms with Crippen molar-refractivity contribution in [1.29, 1.82) is 0 Å². The minimum atomic E-state index is 0.237. The Morgan fingerprint density at radius 1 is 1.31 bits per heavy atom. The van der Waals surface area contributed by atoms with Crippen LogP contribution >= 0.6 is 0 Å². The van der Waals surface area contributed by atoms with Gasteiger partial charge in [0, 0.05) is 37.8 Å². The first kappa shape index (κ1) is 11.7. The number of rotatable bonds is 2. The summed E-state index contributed by atoms with van der Waals surface area (Å²) in [6.07, 6.45) is 3.66. The number of nitrogens with zero attached hydrogens (tertiary/aromatic N) is 1. The van der Waals surface area contributed by atoms with Gasteiger partial charge in [-0.1, -0.05) is 20.8 Å². The third kappa shape index (κ3) is 2.47. The minimum absolute atomic E-state index is 0.237. The van der Waals surface area contributed by atoms with E-state index >= 15 is 0 Å². The zero-order valence-electron chi connectivity index (χ0n) is 10.5. The van der Waals surface area contributed by atoms with Crippen molar-refractivity contribution in [2.75, 3.05) is 26.2 Å². The highest BCUT2D eigenvalue weighted by Crippen LogP contribution is 2.38. The molecule has 0 amide bonds. The number of piperazine rings is 1. The van der Waals surface area contributed by atoms with Gasteiger partial charge < -0.3 is 9.73 Å². The minimum Gasteiger partial charge on any atom is -0.472 e. The normalized spacial score (nSPS) is 20.9. The third-order valence-electron chi connectivity index (χ3n) is 3.20. The van der Waals surface area contributed by atoms with E-state index in [4.69, 9.17) is 4.42 Å². The fourth-order valence-electron chi connectivity index (χ4n) is 2.63. The van der Waals surface area contributed by atoms with Crippen LogP contribution in [-0.2, 0) is 0 Å². The van der Waals surface area contributed by atoms with Crippen molar-refractivity contribution in [3.63, 3.8) is 0 Å². The maximum absolute atomic E-state index is 5.24. The summed E-state index contributed by atoms with van der Waals surface area (Å²) in [6, 6.07) is 2.55. The molecule has 1 atom stereocenters. The largest absolute Gasteiger partial charge is 0.472 e. The summed E-state index contributed by atoms with van der Waals surface area (Å²) in [7, 11) is 0. The first-order valence-electron chi connectivity index (χ1n) is 6.06. The average molecular weight is 222 g/mol. The van der Waals surface area contributed by atoms with E-state index in [-0.39, 0.29) is 5.41 Å². The molecule has 3 nitrogen and oxygen atoms in total. The zero-order valence-corrected chi connectivity index (χ0v) is 10.5. The summed E-state index contributed by atoms with van der Waals surface area (Å²) in [5.41, 5.74) is 1.54.